The summed E-state index contributed by atoms with van der Waals surface area (Å²) >= 11 is 0. The number of pyridine rings is 1. The Morgan fingerprint density at radius 3 is 2.83 bits per heavy atom. The molecule has 0 aromatic carbocycles. The van der Waals surface area contributed by atoms with Crippen molar-refractivity contribution in [2.24, 2.45) is 0 Å². The van der Waals surface area contributed by atoms with E-state index in [1.54, 1.807) is 0 Å². The number of nitrogens with one attached hydrogen (secondary N) is 2. The molecule has 12 heavy (non-hydrogen) atoms. The normalized spacial score (nSPS) is 9.17. The van der Waals surface area contributed by atoms with Crippen molar-refractivity contribution in [3.8, 4) is 0 Å². The third-order valence-electron chi connectivity index (χ3n) is 1.09. The topological polar surface area (TPSA) is 54.0 Å². The summed E-state index contributed by atoms with van der Waals surface area (Å²) in [5, 5.41) is 0. The molecule has 1 aromatic heterocycles. The van der Waals surface area contributed by atoms with E-state index in [9.17, 15) is 9.18 Å². The fourth-order valence-corrected chi connectivity index (χ4v) is 0.602. The van der Waals surface area contributed by atoms with Crippen LogP contribution in [0.4, 0.5) is 10.2 Å². The fraction of sp³-hybridized carbons (Fsp3) is 0.143. The fourth-order valence-electron chi connectivity index (χ4n) is 0.602. The zero-order valence-corrected chi connectivity index (χ0v) is 6.47. The highest BCUT2D eigenvalue weighted by molar-refractivity contribution is 5.74. The second-order valence-electron chi connectivity index (χ2n) is 2.17. The van der Waals surface area contributed by atoms with Crippen LogP contribution in [-0.2, 0) is 4.79 Å². The molecule has 4 nitrogen and oxygen atoms in total. The van der Waals surface area contributed by atoms with Crippen molar-refractivity contribution in [2.75, 3.05) is 5.43 Å². The number of carbonyl (C=O) groups is 1. The number of hydrogen-bond donors (Lipinski definition) is 2. The quantitative estimate of drug-likeness (QED) is 0.640. The third-order valence-corrected chi connectivity index (χ3v) is 1.09. The molecule has 1 rings (SSSR count). The van der Waals surface area contributed by atoms with Gasteiger partial charge in [0.25, 0.3) is 0 Å². The van der Waals surface area contributed by atoms with Gasteiger partial charge in [-0.1, -0.05) is 0 Å². The predicted molar refractivity (Wildman–Crippen MR) is 41.6 cm³/mol. The molecule has 1 aromatic rings. The first-order valence-corrected chi connectivity index (χ1v) is 3.32. The van der Waals surface area contributed by atoms with Crippen molar-refractivity contribution in [3.63, 3.8) is 0 Å². The molecule has 0 unspecified atom stereocenters. The summed E-state index contributed by atoms with van der Waals surface area (Å²) < 4.78 is 12.3. The van der Waals surface area contributed by atoms with Crippen LogP contribution >= 0.6 is 0 Å². The minimum absolute atomic E-state index is 0.235. The molecule has 0 saturated heterocycles. The number of hydrazine groups is 1. The smallest absolute Gasteiger partial charge is 0.235 e. The molecule has 0 fully saturated rings. The number of rotatable bonds is 2. The van der Waals surface area contributed by atoms with E-state index in [2.05, 4.69) is 15.8 Å². The Bertz CT molecular complexity index is 272. The molecule has 0 aliphatic heterocycles. The van der Waals surface area contributed by atoms with E-state index in [1.165, 1.54) is 19.1 Å². The van der Waals surface area contributed by atoms with Gasteiger partial charge in [0.05, 0.1) is 6.20 Å². The molecule has 0 spiro atoms. The molecule has 0 atom stereocenters. The molecule has 0 radical (unpaired) electrons. The maximum absolute atomic E-state index is 12.3. The molecule has 1 amide bonds. The van der Waals surface area contributed by atoms with E-state index in [0.717, 1.165) is 6.20 Å². The van der Waals surface area contributed by atoms with Crippen molar-refractivity contribution in [2.45, 2.75) is 6.92 Å². The van der Waals surface area contributed by atoms with E-state index in [4.69, 9.17) is 0 Å². The summed E-state index contributed by atoms with van der Waals surface area (Å²) in [5.41, 5.74) is 4.80. The molecule has 1 heterocycles. The molecule has 0 aliphatic rings. The van der Waals surface area contributed by atoms with E-state index < -0.39 is 5.82 Å². The van der Waals surface area contributed by atoms with Crippen LogP contribution in [0.2, 0.25) is 0 Å². The first kappa shape index (κ1) is 8.45. The Labute approximate surface area is 68.8 Å². The van der Waals surface area contributed by atoms with Gasteiger partial charge in [0.1, 0.15) is 11.6 Å². The first-order valence-electron chi connectivity index (χ1n) is 3.32. The Morgan fingerprint density at radius 1 is 1.58 bits per heavy atom. The highest BCUT2D eigenvalue weighted by Gasteiger charge is 1.93. The van der Waals surface area contributed by atoms with Gasteiger partial charge in [0.2, 0.25) is 5.91 Å². The molecular formula is C7H8FN3O. The number of carbonyl (C=O) groups excluding carboxylic acids is 1. The SMILES string of the molecule is CC(=O)NNc1ccc(F)cn1. The van der Waals surface area contributed by atoms with Gasteiger partial charge in [0.15, 0.2) is 0 Å². The second-order valence-corrected chi connectivity index (χ2v) is 2.17. The van der Waals surface area contributed by atoms with Gasteiger partial charge in [-0.25, -0.2) is 9.37 Å². The number of aromatic nitrogens is 1. The van der Waals surface area contributed by atoms with Gasteiger partial charge in [-0.3, -0.25) is 15.6 Å². The van der Waals surface area contributed by atoms with E-state index in [-0.39, 0.29) is 5.91 Å². The van der Waals surface area contributed by atoms with Crippen molar-refractivity contribution in [1.82, 2.24) is 10.4 Å². The summed E-state index contributed by atoms with van der Waals surface area (Å²) in [6, 6.07) is 2.67. The number of nitrogens with zero attached hydrogens (tertiary/aromatic N) is 1. The van der Waals surface area contributed by atoms with Crippen LogP contribution in [0.3, 0.4) is 0 Å². The van der Waals surface area contributed by atoms with Gasteiger partial charge in [-0.05, 0) is 12.1 Å². The van der Waals surface area contributed by atoms with E-state index in [0.29, 0.717) is 5.82 Å². The van der Waals surface area contributed by atoms with E-state index in [1.807, 2.05) is 0 Å². The van der Waals surface area contributed by atoms with Gasteiger partial charge in [-0.15, -0.1) is 0 Å². The maximum atomic E-state index is 12.3. The number of anilines is 1. The minimum atomic E-state index is -0.414. The molecule has 0 saturated carbocycles. The number of halogens is 1. The van der Waals surface area contributed by atoms with Crippen LogP contribution in [-0.4, -0.2) is 10.9 Å². The highest BCUT2D eigenvalue weighted by Crippen LogP contribution is 2.00. The predicted octanol–water partition coefficient (Wildman–Crippen LogP) is 0.684. The van der Waals surface area contributed by atoms with Crippen molar-refractivity contribution < 1.29 is 9.18 Å². The lowest BCUT2D eigenvalue weighted by Crippen LogP contribution is -2.26. The van der Waals surface area contributed by atoms with Gasteiger partial charge in [-0.2, -0.15) is 0 Å². The maximum Gasteiger partial charge on any atom is 0.235 e. The molecular weight excluding hydrogens is 161 g/mol. The van der Waals surface area contributed by atoms with Crippen LogP contribution < -0.4 is 10.9 Å². The van der Waals surface area contributed by atoms with Gasteiger partial charge >= 0.3 is 0 Å². The number of hydrogen-bond acceptors (Lipinski definition) is 3. The first-order chi connectivity index (χ1) is 5.68. The lowest BCUT2D eigenvalue weighted by Gasteiger charge is -2.03. The van der Waals surface area contributed by atoms with Crippen molar-refractivity contribution in [3.05, 3.63) is 24.1 Å². The number of amides is 1. The molecule has 64 valence electrons. The monoisotopic (exact) mass is 169 g/mol. The van der Waals surface area contributed by atoms with Crippen LogP contribution in [0.5, 0.6) is 0 Å². The summed E-state index contributed by atoms with van der Waals surface area (Å²) in [6.07, 6.45) is 1.06. The zero-order valence-electron chi connectivity index (χ0n) is 6.47. The third kappa shape index (κ3) is 2.53. The van der Waals surface area contributed by atoms with Crippen molar-refractivity contribution in [1.29, 1.82) is 0 Å². The Kier molecular flexibility index (Phi) is 2.57. The largest absolute Gasteiger partial charge is 0.282 e. The van der Waals surface area contributed by atoms with Crippen LogP contribution in [0.1, 0.15) is 6.92 Å². The summed E-state index contributed by atoms with van der Waals surface area (Å²) in [7, 11) is 0. The average Bonchev–Trinajstić information content (AvgIpc) is 2.03. The van der Waals surface area contributed by atoms with Crippen molar-refractivity contribution >= 4 is 11.7 Å². The average molecular weight is 169 g/mol. The van der Waals surface area contributed by atoms with Gasteiger partial charge < -0.3 is 0 Å². The van der Waals surface area contributed by atoms with Crippen LogP contribution in [0.25, 0.3) is 0 Å². The van der Waals surface area contributed by atoms with E-state index >= 15 is 0 Å². The molecule has 0 aliphatic carbocycles. The highest BCUT2D eigenvalue weighted by atomic mass is 19.1. The Balaban J connectivity index is 2.53. The Hall–Kier alpha value is -1.65. The molecule has 5 heteroatoms. The second kappa shape index (κ2) is 3.66. The Morgan fingerprint density at radius 2 is 2.33 bits per heavy atom. The lowest BCUT2D eigenvalue weighted by atomic mass is 10.4. The lowest BCUT2D eigenvalue weighted by molar-refractivity contribution is -0.118. The summed E-state index contributed by atoms with van der Waals surface area (Å²) in [5.74, 6) is -0.254. The molecule has 2 N–H and O–H groups in total. The summed E-state index contributed by atoms with van der Waals surface area (Å²) in [4.78, 5) is 14.1. The molecule has 0 bridgehead atoms. The van der Waals surface area contributed by atoms with Crippen LogP contribution in [0.15, 0.2) is 18.3 Å². The standard InChI is InChI=1S/C7H8FN3O/c1-5(12)10-11-7-3-2-6(8)4-9-7/h2-4H,1H3,(H,9,11)(H,10,12). The zero-order chi connectivity index (χ0) is 8.97. The minimum Gasteiger partial charge on any atom is -0.282 e. The summed E-state index contributed by atoms with van der Waals surface area (Å²) in [6.45, 7) is 1.36. The van der Waals surface area contributed by atoms with Gasteiger partial charge in [0, 0.05) is 6.92 Å². The van der Waals surface area contributed by atoms with Crippen LogP contribution in [0, 0.1) is 5.82 Å².